The molecule has 10 aromatic rings. The van der Waals surface area contributed by atoms with E-state index in [1.54, 1.807) is 0 Å². The Morgan fingerprint density at radius 3 is 1.97 bits per heavy atom. The van der Waals surface area contributed by atoms with Crippen LogP contribution in [-0.4, -0.2) is 4.57 Å². The number of furan rings is 1. The molecule has 58 heavy (non-hydrogen) atoms. The van der Waals surface area contributed by atoms with E-state index < -0.39 is 5.41 Å². The normalized spacial score (nSPS) is 13.6. The molecule has 0 fully saturated rings. The Kier molecular flexibility index (Phi) is 7.96. The molecule has 0 saturated carbocycles. The fraction of sp³-hybridized carbons (Fsp3) is 0.0545. The number of nitrogens with zero attached hydrogens (tertiary/aromatic N) is 1. The third-order valence-electron chi connectivity index (χ3n) is 12.0. The molecule has 3 heteroatoms. The van der Waals surface area contributed by atoms with Crippen molar-refractivity contribution in [1.82, 2.24) is 4.57 Å². The van der Waals surface area contributed by atoms with Gasteiger partial charge in [-0.1, -0.05) is 166 Å². The van der Waals surface area contributed by atoms with Crippen LogP contribution in [-0.2, 0) is 5.41 Å². The lowest BCUT2D eigenvalue weighted by atomic mass is 9.67. The summed E-state index contributed by atoms with van der Waals surface area (Å²) in [7, 11) is 0. The zero-order valence-electron chi connectivity index (χ0n) is 32.4. The van der Waals surface area contributed by atoms with E-state index in [9.17, 15) is 0 Å². The topological polar surface area (TPSA) is 18.1 Å². The van der Waals surface area contributed by atoms with Gasteiger partial charge in [0.1, 0.15) is 11.2 Å². The predicted molar refractivity (Wildman–Crippen MR) is 245 cm³/mol. The molecule has 0 atom stereocenters. The summed E-state index contributed by atoms with van der Waals surface area (Å²) >= 11 is 1.88. The van der Waals surface area contributed by atoms with E-state index in [1.807, 2.05) is 43.8 Å². The minimum atomic E-state index is -0.462. The minimum absolute atomic E-state index is 0.462. The van der Waals surface area contributed by atoms with Crippen LogP contribution >= 0.6 is 11.8 Å². The molecule has 2 nitrogen and oxygen atoms in total. The van der Waals surface area contributed by atoms with Gasteiger partial charge in [0, 0.05) is 36.9 Å². The van der Waals surface area contributed by atoms with Gasteiger partial charge in [-0.15, -0.1) is 0 Å². The maximum Gasteiger partial charge on any atom is 0.135 e. The van der Waals surface area contributed by atoms with Gasteiger partial charge in [0.05, 0.1) is 22.1 Å². The van der Waals surface area contributed by atoms with E-state index in [0.717, 1.165) is 44.3 Å². The first-order valence-corrected chi connectivity index (χ1v) is 20.9. The lowest BCUT2D eigenvalue weighted by Crippen LogP contribution is -2.31. The summed E-state index contributed by atoms with van der Waals surface area (Å²) in [6, 6.07) is 64.6. The Balaban J connectivity index is 0.00000190. The van der Waals surface area contributed by atoms with Gasteiger partial charge >= 0.3 is 0 Å². The predicted octanol–water partition coefficient (Wildman–Crippen LogP) is 15.2. The van der Waals surface area contributed by atoms with Gasteiger partial charge in [0.25, 0.3) is 0 Å². The highest BCUT2D eigenvalue weighted by Crippen LogP contribution is 2.62. The average Bonchev–Trinajstić information content (AvgIpc) is 3.92. The summed E-state index contributed by atoms with van der Waals surface area (Å²) in [6.07, 6.45) is 4.05. The molecule has 0 unspecified atom stereocenters. The molecule has 276 valence electrons. The Morgan fingerprint density at radius 1 is 0.534 bits per heavy atom. The number of hydrogen-bond acceptors (Lipinski definition) is 2. The molecule has 0 saturated heterocycles. The van der Waals surface area contributed by atoms with E-state index in [-0.39, 0.29) is 0 Å². The van der Waals surface area contributed by atoms with Crippen molar-refractivity contribution in [1.29, 1.82) is 0 Å². The van der Waals surface area contributed by atoms with E-state index in [4.69, 9.17) is 4.42 Å². The van der Waals surface area contributed by atoms with Gasteiger partial charge in [-0.05, 0) is 99.1 Å². The van der Waals surface area contributed by atoms with Crippen LogP contribution in [0.25, 0.3) is 66.1 Å². The van der Waals surface area contributed by atoms with Gasteiger partial charge in [-0.25, -0.2) is 0 Å². The lowest BCUT2D eigenvalue weighted by molar-refractivity contribution is 0.669. The fourth-order valence-electron chi connectivity index (χ4n) is 9.82. The number of fused-ring (bicyclic) bond motifs is 15. The number of allylic oxidation sites excluding steroid dienone is 2. The Hall–Kier alpha value is -6.81. The Bertz CT molecular complexity index is 3270. The molecule has 8 aromatic carbocycles. The second-order valence-electron chi connectivity index (χ2n) is 14.8. The quantitative estimate of drug-likeness (QED) is 0.166. The summed E-state index contributed by atoms with van der Waals surface area (Å²) in [6.45, 7) is 8.19. The number of rotatable bonds is 4. The first-order valence-electron chi connectivity index (χ1n) is 20.1. The average molecular weight is 762 g/mol. The van der Waals surface area contributed by atoms with Crippen LogP contribution in [0.5, 0.6) is 0 Å². The van der Waals surface area contributed by atoms with Gasteiger partial charge in [-0.2, -0.15) is 0 Å². The van der Waals surface area contributed by atoms with Crippen molar-refractivity contribution in [2.75, 3.05) is 0 Å². The highest BCUT2D eigenvalue weighted by Gasteiger charge is 2.50. The van der Waals surface area contributed by atoms with Crippen molar-refractivity contribution in [2.45, 2.75) is 29.1 Å². The molecule has 3 heterocycles. The summed E-state index contributed by atoms with van der Waals surface area (Å²) in [4.78, 5) is 2.61. The lowest BCUT2D eigenvalue weighted by Gasteiger charge is -2.39. The zero-order chi connectivity index (χ0) is 39.0. The molecule has 1 spiro atoms. The maximum absolute atomic E-state index is 6.24. The molecule has 0 N–H and O–H groups in total. The van der Waals surface area contributed by atoms with Crippen LogP contribution in [0.2, 0.25) is 0 Å². The second-order valence-corrected chi connectivity index (χ2v) is 15.9. The summed E-state index contributed by atoms with van der Waals surface area (Å²) in [5, 5.41) is 4.70. The molecular formula is C55H39NOS. The number of aromatic nitrogens is 1. The van der Waals surface area contributed by atoms with Gasteiger partial charge < -0.3 is 8.98 Å². The highest BCUT2D eigenvalue weighted by atomic mass is 32.2. The largest absolute Gasteiger partial charge is 0.456 e. The molecule has 1 aliphatic carbocycles. The molecule has 2 aromatic heterocycles. The van der Waals surface area contributed by atoms with Crippen molar-refractivity contribution in [3.8, 4) is 16.8 Å². The molecule has 12 rings (SSSR count). The van der Waals surface area contributed by atoms with Gasteiger partial charge in [0.15, 0.2) is 0 Å². The first kappa shape index (κ1) is 34.4. The van der Waals surface area contributed by atoms with E-state index in [2.05, 4.69) is 181 Å². The molecular weight excluding hydrogens is 723 g/mol. The number of hydrogen-bond donors (Lipinski definition) is 0. The monoisotopic (exact) mass is 761 g/mol. The van der Waals surface area contributed by atoms with Crippen LogP contribution < -0.4 is 0 Å². The van der Waals surface area contributed by atoms with Crippen LogP contribution in [0.4, 0.5) is 0 Å². The minimum Gasteiger partial charge on any atom is -0.456 e. The third-order valence-corrected chi connectivity index (χ3v) is 13.2. The molecule has 0 amide bonds. The summed E-state index contributed by atoms with van der Waals surface area (Å²) < 4.78 is 8.73. The summed E-state index contributed by atoms with van der Waals surface area (Å²) in [5.74, 6) is 0. The maximum atomic E-state index is 6.24. The van der Waals surface area contributed by atoms with Crippen molar-refractivity contribution in [3.63, 3.8) is 0 Å². The van der Waals surface area contributed by atoms with Gasteiger partial charge in [-0.3, -0.25) is 0 Å². The second kappa shape index (κ2) is 13.4. The van der Waals surface area contributed by atoms with E-state index >= 15 is 0 Å². The molecule has 2 aliphatic rings. The van der Waals surface area contributed by atoms with E-state index in [0.29, 0.717) is 0 Å². The highest BCUT2D eigenvalue weighted by molar-refractivity contribution is 7.99. The SMILES string of the molecule is C=C/C=C(/c1ccc2oc3ccccc3c2c1)c1ccccc1-n1c2ccccc2c2cc3c(cc21)C1(c2ccccc2Sc2ccccc21)c1ccccc1-3.CC. The van der Waals surface area contributed by atoms with E-state index in [1.165, 1.54) is 65.0 Å². The molecule has 1 aliphatic heterocycles. The first-order chi connectivity index (χ1) is 28.7. The van der Waals surface area contributed by atoms with Crippen molar-refractivity contribution in [2.24, 2.45) is 0 Å². The van der Waals surface area contributed by atoms with Gasteiger partial charge in [0.2, 0.25) is 0 Å². The zero-order valence-corrected chi connectivity index (χ0v) is 33.2. The molecule has 0 radical (unpaired) electrons. The third kappa shape index (κ3) is 4.74. The number of para-hydroxylation sites is 3. The fourth-order valence-corrected chi connectivity index (χ4v) is 11.0. The molecule has 0 bridgehead atoms. The Morgan fingerprint density at radius 2 is 1.17 bits per heavy atom. The van der Waals surface area contributed by atoms with Crippen molar-refractivity contribution >= 4 is 61.1 Å². The Labute approximate surface area is 342 Å². The van der Waals surface area contributed by atoms with Crippen molar-refractivity contribution in [3.05, 3.63) is 228 Å². The summed E-state index contributed by atoms with van der Waals surface area (Å²) in [5.41, 5.74) is 16.1. The van der Waals surface area contributed by atoms with Crippen LogP contribution in [0.15, 0.2) is 209 Å². The van der Waals surface area contributed by atoms with Crippen LogP contribution in [0.1, 0.15) is 47.2 Å². The van der Waals surface area contributed by atoms with Crippen molar-refractivity contribution < 1.29 is 4.42 Å². The standard InChI is InChI=1S/C53H33NOS.C2H6/c1-2-15-34(33-28-29-50-41(30-33)38-19-6-12-25-49(38)55-50)36-17-4-10-23-46(36)54-47-24-11-5-18-37(47)40-31-39-35-16-3-7-20-42(35)53(45(39)32-48(40)54)43-21-8-13-26-51(43)56-52-27-14-9-22-44(52)53;1-2/h2-32H,1H2;1-2H3/b34-15-;. The van der Waals surface area contributed by atoms with Crippen LogP contribution in [0.3, 0.4) is 0 Å². The smallest absolute Gasteiger partial charge is 0.135 e. The van der Waals surface area contributed by atoms with Crippen LogP contribution in [0, 0.1) is 0 Å². The number of benzene rings is 8.